The van der Waals surface area contributed by atoms with Gasteiger partial charge in [0.15, 0.2) is 5.79 Å². The van der Waals surface area contributed by atoms with Crippen LogP contribution in [0, 0.1) is 17.3 Å². The molecule has 2 bridgehead atoms. The number of hydrogen-bond acceptors (Lipinski definition) is 3. The molecule has 1 aromatic carbocycles. The van der Waals surface area contributed by atoms with Crippen LogP contribution in [0.25, 0.3) is 10.9 Å². The van der Waals surface area contributed by atoms with Crippen molar-refractivity contribution in [1.29, 1.82) is 0 Å². The highest BCUT2D eigenvalue weighted by Crippen LogP contribution is 2.70. The fourth-order valence-corrected chi connectivity index (χ4v) is 8.77. The quantitative estimate of drug-likeness (QED) is 0.559. The second kappa shape index (κ2) is 6.64. The van der Waals surface area contributed by atoms with Crippen LogP contribution in [0.15, 0.2) is 40.9 Å². The lowest BCUT2D eigenvalue weighted by molar-refractivity contribution is -0.201. The number of para-hydroxylation sites is 1. The number of aromatic nitrogens is 1. The van der Waals surface area contributed by atoms with Crippen molar-refractivity contribution in [2.75, 3.05) is 6.54 Å². The summed E-state index contributed by atoms with van der Waals surface area (Å²) < 4.78 is 13.7. The number of H-pyrrole nitrogens is 1. The summed E-state index contributed by atoms with van der Waals surface area (Å²) >= 11 is 0. The first-order chi connectivity index (χ1) is 16.2. The van der Waals surface area contributed by atoms with Crippen LogP contribution in [0.5, 0.6) is 0 Å². The van der Waals surface area contributed by atoms with Gasteiger partial charge in [0.25, 0.3) is 0 Å². The van der Waals surface area contributed by atoms with Gasteiger partial charge in [0.05, 0.1) is 11.3 Å². The minimum Gasteiger partial charge on any atom is -0.358 e. The maximum atomic E-state index is 6.85. The Morgan fingerprint density at radius 3 is 2.74 bits per heavy atom. The SMILES string of the molecule is CCCN=C1C=C2C3CCC4Cc5c([nH]c6ccccc56)[C@]4(C)C3(C)CCC23OC1C(C)(C)O3. The molecule has 0 amide bonds. The van der Waals surface area contributed by atoms with Gasteiger partial charge < -0.3 is 14.5 Å². The van der Waals surface area contributed by atoms with Gasteiger partial charge in [0.1, 0.15) is 6.10 Å². The summed E-state index contributed by atoms with van der Waals surface area (Å²) in [7, 11) is 0. The summed E-state index contributed by atoms with van der Waals surface area (Å²) in [6.07, 6.45) is 9.15. The van der Waals surface area contributed by atoms with Gasteiger partial charge in [-0.05, 0) is 86.5 Å². The van der Waals surface area contributed by atoms with E-state index < -0.39 is 5.79 Å². The van der Waals surface area contributed by atoms with Crippen molar-refractivity contribution in [2.24, 2.45) is 22.2 Å². The number of benzene rings is 1. The van der Waals surface area contributed by atoms with E-state index in [0.717, 1.165) is 31.5 Å². The van der Waals surface area contributed by atoms with E-state index in [1.165, 1.54) is 41.4 Å². The van der Waals surface area contributed by atoms with Crippen LogP contribution in [0.4, 0.5) is 0 Å². The fourth-order valence-electron chi connectivity index (χ4n) is 8.77. The van der Waals surface area contributed by atoms with E-state index in [2.05, 4.69) is 69.9 Å². The van der Waals surface area contributed by atoms with Gasteiger partial charge in [0, 0.05) is 35.0 Å². The van der Waals surface area contributed by atoms with Crippen molar-refractivity contribution >= 4 is 16.6 Å². The molecule has 1 spiro atoms. The number of fused-ring (bicyclic) bond motifs is 9. The molecule has 7 rings (SSSR count). The molecular weight excluding hydrogens is 420 g/mol. The lowest BCUT2D eigenvalue weighted by Gasteiger charge is -2.61. The Hall–Kier alpha value is -1.91. The Kier molecular flexibility index (Phi) is 4.18. The van der Waals surface area contributed by atoms with Crippen LogP contribution in [-0.4, -0.2) is 34.7 Å². The van der Waals surface area contributed by atoms with Crippen LogP contribution in [0.1, 0.15) is 78.0 Å². The van der Waals surface area contributed by atoms with Crippen molar-refractivity contribution in [3.8, 4) is 0 Å². The molecule has 4 heteroatoms. The van der Waals surface area contributed by atoms with Gasteiger partial charge in [-0.3, -0.25) is 4.99 Å². The highest BCUT2D eigenvalue weighted by Gasteiger charge is 2.69. The van der Waals surface area contributed by atoms with E-state index in [-0.39, 0.29) is 22.5 Å². The molecule has 2 saturated carbocycles. The Morgan fingerprint density at radius 1 is 1.09 bits per heavy atom. The third kappa shape index (κ3) is 2.40. The summed E-state index contributed by atoms with van der Waals surface area (Å²) in [6, 6.07) is 8.89. The Bertz CT molecular complexity index is 1250. The molecular formula is C30H38N2O2. The minimum atomic E-state index is -0.561. The highest BCUT2D eigenvalue weighted by molar-refractivity contribution is 6.01. The first-order valence-corrected chi connectivity index (χ1v) is 13.5. The van der Waals surface area contributed by atoms with Crippen molar-refractivity contribution in [2.45, 2.75) is 96.1 Å². The van der Waals surface area contributed by atoms with E-state index in [4.69, 9.17) is 14.5 Å². The summed E-state index contributed by atoms with van der Waals surface area (Å²) in [6.45, 7) is 12.6. The summed E-state index contributed by atoms with van der Waals surface area (Å²) in [5.74, 6) is 0.580. The van der Waals surface area contributed by atoms with Crippen molar-refractivity contribution in [3.63, 3.8) is 0 Å². The lowest BCUT2D eigenvalue weighted by atomic mass is 9.44. The van der Waals surface area contributed by atoms with Crippen molar-refractivity contribution in [1.82, 2.24) is 4.98 Å². The van der Waals surface area contributed by atoms with Crippen LogP contribution in [-0.2, 0) is 21.3 Å². The highest BCUT2D eigenvalue weighted by atomic mass is 16.8. The maximum Gasteiger partial charge on any atom is 0.193 e. The number of ether oxygens (including phenoxy) is 2. The van der Waals surface area contributed by atoms with E-state index in [0.29, 0.717) is 11.8 Å². The summed E-state index contributed by atoms with van der Waals surface area (Å²) in [5.41, 5.74) is 6.78. The average molecular weight is 459 g/mol. The van der Waals surface area contributed by atoms with Crippen LogP contribution in [0.2, 0.25) is 0 Å². The Balaban J connectivity index is 1.38. The zero-order chi connectivity index (χ0) is 23.5. The monoisotopic (exact) mass is 458 g/mol. The molecule has 4 nitrogen and oxygen atoms in total. The number of aromatic amines is 1. The Morgan fingerprint density at radius 2 is 1.91 bits per heavy atom. The van der Waals surface area contributed by atoms with E-state index in [9.17, 15) is 0 Å². The summed E-state index contributed by atoms with van der Waals surface area (Å²) in [4.78, 5) is 8.92. The van der Waals surface area contributed by atoms with Gasteiger partial charge in [-0.25, -0.2) is 0 Å². The first kappa shape index (κ1) is 21.4. The molecule has 3 heterocycles. The molecule has 0 radical (unpaired) electrons. The van der Waals surface area contributed by atoms with Gasteiger partial charge in [-0.2, -0.15) is 0 Å². The molecule has 1 N–H and O–H groups in total. The second-order valence-corrected chi connectivity index (χ2v) is 12.5. The third-order valence-corrected chi connectivity index (χ3v) is 10.6. The molecule has 5 unspecified atom stereocenters. The molecule has 3 aliphatic carbocycles. The largest absolute Gasteiger partial charge is 0.358 e. The summed E-state index contributed by atoms with van der Waals surface area (Å²) in [5, 5.41) is 1.43. The average Bonchev–Trinajstić information content (AvgIpc) is 3.39. The zero-order valence-corrected chi connectivity index (χ0v) is 21.3. The zero-order valence-electron chi connectivity index (χ0n) is 21.3. The smallest absolute Gasteiger partial charge is 0.193 e. The first-order valence-electron chi connectivity index (χ1n) is 13.5. The molecule has 3 fully saturated rings. The Labute approximate surface area is 203 Å². The normalized spacial score (nSPS) is 42.8. The number of nitrogens with zero attached hydrogens (tertiary/aromatic N) is 1. The van der Waals surface area contributed by atoms with E-state index >= 15 is 0 Å². The number of hydrogen-bond donors (Lipinski definition) is 1. The molecule has 5 aliphatic rings. The fraction of sp³-hybridized carbons (Fsp3) is 0.633. The van der Waals surface area contributed by atoms with Crippen LogP contribution >= 0.6 is 0 Å². The number of aliphatic imine (C=N–C) groups is 1. The van der Waals surface area contributed by atoms with Crippen molar-refractivity contribution in [3.05, 3.63) is 47.2 Å². The second-order valence-electron chi connectivity index (χ2n) is 12.5. The molecule has 2 aromatic rings. The molecule has 2 aliphatic heterocycles. The van der Waals surface area contributed by atoms with Crippen molar-refractivity contribution < 1.29 is 9.47 Å². The lowest BCUT2D eigenvalue weighted by Crippen LogP contribution is -2.60. The molecule has 1 saturated heterocycles. The molecule has 6 atom stereocenters. The topological polar surface area (TPSA) is 46.6 Å². The third-order valence-electron chi connectivity index (χ3n) is 10.6. The van der Waals surface area contributed by atoms with Gasteiger partial charge in [-0.15, -0.1) is 0 Å². The van der Waals surface area contributed by atoms with E-state index in [1.54, 1.807) is 5.56 Å². The minimum absolute atomic E-state index is 0.0640. The maximum absolute atomic E-state index is 6.85. The van der Waals surface area contributed by atoms with Gasteiger partial charge in [0.2, 0.25) is 0 Å². The molecule has 1 aromatic heterocycles. The standard InChI is InChI=1S/C30H38N2O2/c1-6-15-31-24-17-22-21-12-11-18-16-20-19-9-7-8-10-23(19)32-25(20)29(18,5)28(21,4)13-14-30(22)33-26(24)27(2,3)34-30/h7-10,17-18,21,26,32H,6,11-16H2,1-5H3/t18?,21?,26?,28?,29-,30?/m1/s1. The molecule has 180 valence electrons. The predicted molar refractivity (Wildman–Crippen MR) is 136 cm³/mol. The predicted octanol–water partition coefficient (Wildman–Crippen LogP) is 6.49. The van der Waals surface area contributed by atoms with Gasteiger partial charge in [-0.1, -0.05) is 39.0 Å². The van der Waals surface area contributed by atoms with E-state index in [1.807, 2.05) is 0 Å². The van der Waals surface area contributed by atoms with Crippen LogP contribution in [0.3, 0.4) is 0 Å². The molecule has 34 heavy (non-hydrogen) atoms. The van der Waals surface area contributed by atoms with Crippen LogP contribution < -0.4 is 0 Å². The van der Waals surface area contributed by atoms with Gasteiger partial charge >= 0.3 is 0 Å². The number of nitrogens with one attached hydrogen (secondary N) is 1. The number of rotatable bonds is 2.